The summed E-state index contributed by atoms with van der Waals surface area (Å²) < 4.78 is 0. The van der Waals surface area contributed by atoms with Gasteiger partial charge in [0.05, 0.1) is 28.9 Å². The van der Waals surface area contributed by atoms with Crippen LogP contribution in [0.15, 0.2) is 83.9 Å². The zero-order valence-electron chi connectivity index (χ0n) is 20.3. The first-order valence-electron chi connectivity index (χ1n) is 11.7. The Hall–Kier alpha value is -4.40. The molecule has 0 radical (unpaired) electrons. The minimum absolute atomic E-state index is 0.0851. The Bertz CT molecular complexity index is 1270. The lowest BCUT2D eigenvalue weighted by molar-refractivity contribution is -0.145. The second-order valence-corrected chi connectivity index (χ2v) is 8.45. The predicted octanol–water partition coefficient (Wildman–Crippen LogP) is 1.92. The number of amides is 2. The van der Waals surface area contributed by atoms with Crippen molar-refractivity contribution in [3.8, 4) is 0 Å². The van der Waals surface area contributed by atoms with Gasteiger partial charge in [-0.15, -0.1) is 0 Å². The molecule has 1 aromatic carbocycles. The summed E-state index contributed by atoms with van der Waals surface area (Å²) in [6, 6.07) is 8.72. The molecule has 9 nitrogen and oxygen atoms in total. The van der Waals surface area contributed by atoms with E-state index < -0.39 is 11.7 Å². The normalized spacial score (nSPS) is 20.3. The van der Waals surface area contributed by atoms with E-state index in [1.54, 1.807) is 54.8 Å². The van der Waals surface area contributed by atoms with Crippen molar-refractivity contribution in [2.75, 3.05) is 33.2 Å². The van der Waals surface area contributed by atoms with Crippen LogP contribution < -0.4 is 5.32 Å². The van der Waals surface area contributed by atoms with Gasteiger partial charge in [-0.3, -0.25) is 29.3 Å². The zero-order chi connectivity index (χ0) is 25.7. The maximum Gasteiger partial charge on any atom is 0.295 e. The van der Waals surface area contributed by atoms with E-state index in [-0.39, 0.29) is 24.1 Å². The van der Waals surface area contributed by atoms with E-state index in [2.05, 4.69) is 26.9 Å². The van der Waals surface area contributed by atoms with E-state index >= 15 is 0 Å². The van der Waals surface area contributed by atoms with Gasteiger partial charge in [0.2, 0.25) is 0 Å². The molecule has 2 aliphatic heterocycles. The minimum atomic E-state index is -0.633. The van der Waals surface area contributed by atoms with Gasteiger partial charge in [-0.2, -0.15) is 0 Å². The van der Waals surface area contributed by atoms with E-state index in [0.717, 1.165) is 0 Å². The molecule has 1 saturated heterocycles. The van der Waals surface area contributed by atoms with Crippen LogP contribution >= 0.6 is 0 Å². The molecule has 1 aromatic heterocycles. The number of Topliss-reactive ketones (excluding diaryl/α,β-unsaturated/α-hetero) is 1. The third-order valence-electron chi connectivity index (χ3n) is 6.25. The van der Waals surface area contributed by atoms with Crippen molar-refractivity contribution in [3.63, 3.8) is 0 Å². The van der Waals surface area contributed by atoms with E-state index in [1.165, 1.54) is 4.90 Å². The second kappa shape index (κ2) is 10.9. The number of allylic oxidation sites excluding steroid dienone is 3. The molecule has 1 atom stereocenters. The molecule has 0 bridgehead atoms. The fraction of sp³-hybridized carbons (Fsp3) is 0.259. The van der Waals surface area contributed by atoms with E-state index in [1.807, 2.05) is 25.1 Å². The molecule has 0 spiro atoms. The lowest BCUT2D eigenvalue weighted by atomic mass is 9.94. The second-order valence-electron chi connectivity index (χ2n) is 8.45. The highest BCUT2D eigenvalue weighted by Crippen LogP contribution is 2.23. The molecule has 36 heavy (non-hydrogen) atoms. The van der Waals surface area contributed by atoms with Crippen molar-refractivity contribution < 1.29 is 14.4 Å². The standard InChI is InChI=1S/C27H28N6O3/c1-4-20(22-16-29-12-13-30-22)24-23(28-3)21(10-11-31-24)25(34)27(36)33-15-14-32(17-18(33)2)26(35)19-8-6-5-7-9-19/h4-10,12-13,16,18,31H,1,11,14-15,17H2,2-3H3/b24-20-,28-23?/t18-/m1/s1. The lowest BCUT2D eigenvalue weighted by Gasteiger charge is -2.39. The number of hydrogen-bond donors (Lipinski definition) is 1. The molecule has 184 valence electrons. The summed E-state index contributed by atoms with van der Waals surface area (Å²) in [6.07, 6.45) is 8.03. The van der Waals surface area contributed by atoms with Crippen molar-refractivity contribution in [1.29, 1.82) is 0 Å². The molecule has 0 unspecified atom stereocenters. The molecule has 9 heteroatoms. The molecule has 0 aliphatic carbocycles. The fourth-order valence-electron chi connectivity index (χ4n) is 4.45. The average Bonchev–Trinajstić information content (AvgIpc) is 2.93. The number of aliphatic imine (C=N–C) groups is 1. The van der Waals surface area contributed by atoms with Gasteiger partial charge in [0.25, 0.3) is 17.6 Å². The van der Waals surface area contributed by atoms with Crippen LogP contribution in [0.2, 0.25) is 0 Å². The molecule has 2 aliphatic rings. The van der Waals surface area contributed by atoms with Gasteiger partial charge in [0.1, 0.15) is 0 Å². The summed E-state index contributed by atoms with van der Waals surface area (Å²) in [6.45, 7) is 7.04. The quantitative estimate of drug-likeness (QED) is 0.650. The smallest absolute Gasteiger partial charge is 0.295 e. The number of rotatable bonds is 5. The van der Waals surface area contributed by atoms with Gasteiger partial charge in [0, 0.05) is 62.8 Å². The van der Waals surface area contributed by atoms with E-state index in [0.29, 0.717) is 47.9 Å². The van der Waals surface area contributed by atoms with Crippen molar-refractivity contribution in [3.05, 3.63) is 90.2 Å². The number of nitrogens with zero attached hydrogens (tertiary/aromatic N) is 5. The molecular formula is C27H28N6O3. The predicted molar refractivity (Wildman–Crippen MR) is 137 cm³/mol. The number of carbonyl (C=O) groups excluding carboxylic acids is 3. The number of benzene rings is 1. The van der Waals surface area contributed by atoms with Crippen molar-refractivity contribution in [2.24, 2.45) is 4.99 Å². The summed E-state index contributed by atoms with van der Waals surface area (Å²) in [5.74, 6) is -1.33. The van der Waals surface area contributed by atoms with Crippen molar-refractivity contribution in [1.82, 2.24) is 25.1 Å². The largest absolute Gasteiger partial charge is 0.379 e. The van der Waals surface area contributed by atoms with Gasteiger partial charge < -0.3 is 15.1 Å². The molecule has 1 N–H and O–H groups in total. The Kier molecular flexibility index (Phi) is 7.48. The Morgan fingerprint density at radius 1 is 1.17 bits per heavy atom. The topological polar surface area (TPSA) is 108 Å². The first kappa shape index (κ1) is 24.7. The molecule has 2 aromatic rings. The summed E-state index contributed by atoms with van der Waals surface area (Å²) in [5, 5.41) is 3.23. The molecule has 0 saturated carbocycles. The van der Waals surface area contributed by atoms with Crippen LogP contribution in [0.25, 0.3) is 5.57 Å². The van der Waals surface area contributed by atoms with E-state index in [4.69, 9.17) is 0 Å². The Morgan fingerprint density at radius 2 is 1.94 bits per heavy atom. The van der Waals surface area contributed by atoms with Crippen LogP contribution in [0.4, 0.5) is 0 Å². The maximum absolute atomic E-state index is 13.4. The van der Waals surface area contributed by atoms with Crippen LogP contribution in [0.5, 0.6) is 0 Å². The molecule has 3 heterocycles. The summed E-state index contributed by atoms with van der Waals surface area (Å²) in [5.41, 5.74) is 2.97. The fourth-order valence-corrected chi connectivity index (χ4v) is 4.45. The number of hydrogen-bond acceptors (Lipinski definition) is 7. The molecular weight excluding hydrogens is 456 g/mol. The first-order chi connectivity index (χ1) is 17.5. The molecule has 1 fully saturated rings. The third kappa shape index (κ3) is 4.86. The van der Waals surface area contributed by atoms with E-state index in [9.17, 15) is 14.4 Å². The maximum atomic E-state index is 13.4. The SMILES string of the molecule is C=C/C(=C1/NCC=C(C(=O)C(=O)N2CCN(C(=O)c3ccccc3)C[C@H]2C)C1=NC)c1cnccn1. The molecule has 4 rings (SSSR count). The van der Waals surface area contributed by atoms with Crippen LogP contribution in [-0.4, -0.2) is 82.3 Å². The number of nitrogens with one attached hydrogen (secondary N) is 1. The number of ketones is 1. The monoisotopic (exact) mass is 484 g/mol. The van der Waals surface area contributed by atoms with Crippen LogP contribution in [0.3, 0.4) is 0 Å². The summed E-state index contributed by atoms with van der Waals surface area (Å²) >= 11 is 0. The number of carbonyl (C=O) groups is 3. The average molecular weight is 485 g/mol. The van der Waals surface area contributed by atoms with Gasteiger partial charge in [-0.25, -0.2) is 0 Å². The van der Waals surface area contributed by atoms with Gasteiger partial charge >= 0.3 is 0 Å². The summed E-state index contributed by atoms with van der Waals surface area (Å²) in [4.78, 5) is 55.6. The Labute approximate surface area is 210 Å². The van der Waals surface area contributed by atoms with Crippen molar-refractivity contribution in [2.45, 2.75) is 13.0 Å². The first-order valence-corrected chi connectivity index (χ1v) is 11.7. The summed E-state index contributed by atoms with van der Waals surface area (Å²) in [7, 11) is 1.57. The van der Waals surface area contributed by atoms with Gasteiger partial charge in [-0.1, -0.05) is 36.9 Å². The third-order valence-corrected chi connectivity index (χ3v) is 6.25. The van der Waals surface area contributed by atoms with Crippen LogP contribution in [-0.2, 0) is 9.59 Å². The number of aromatic nitrogens is 2. The lowest BCUT2D eigenvalue weighted by Crippen LogP contribution is -2.57. The van der Waals surface area contributed by atoms with Crippen LogP contribution in [0.1, 0.15) is 23.0 Å². The van der Waals surface area contributed by atoms with Crippen molar-refractivity contribution >= 4 is 28.9 Å². The minimum Gasteiger partial charge on any atom is -0.379 e. The van der Waals surface area contributed by atoms with Gasteiger partial charge in [0.15, 0.2) is 0 Å². The Morgan fingerprint density at radius 3 is 2.58 bits per heavy atom. The molecule has 2 amide bonds. The van der Waals surface area contributed by atoms with Crippen LogP contribution in [0, 0.1) is 0 Å². The zero-order valence-corrected chi connectivity index (χ0v) is 20.3. The van der Waals surface area contributed by atoms with Gasteiger partial charge in [-0.05, 0) is 19.1 Å². The Balaban J connectivity index is 1.52. The highest BCUT2D eigenvalue weighted by Gasteiger charge is 2.36. The number of piperazine rings is 1. The highest BCUT2D eigenvalue weighted by atomic mass is 16.2. The highest BCUT2D eigenvalue weighted by molar-refractivity contribution is 6.51.